The zero-order chi connectivity index (χ0) is 14.3. The van der Waals surface area contributed by atoms with Crippen molar-refractivity contribution in [3.8, 4) is 6.07 Å². The van der Waals surface area contributed by atoms with Gasteiger partial charge in [0.25, 0.3) is 0 Å². The third-order valence-corrected chi connectivity index (χ3v) is 3.83. The van der Waals surface area contributed by atoms with Crippen molar-refractivity contribution in [3.63, 3.8) is 0 Å². The lowest BCUT2D eigenvalue weighted by Crippen LogP contribution is -1.99. The van der Waals surface area contributed by atoms with Crippen LogP contribution in [0.15, 0.2) is 42.5 Å². The van der Waals surface area contributed by atoms with Gasteiger partial charge >= 0.3 is 0 Å². The largest absolute Gasteiger partial charge is 0.289 e. The Labute approximate surface area is 118 Å². The normalized spacial score (nSPS) is 13.3. The van der Waals surface area contributed by atoms with E-state index >= 15 is 0 Å². The highest BCUT2D eigenvalue weighted by Gasteiger charge is 2.30. The lowest BCUT2D eigenvalue weighted by Gasteiger charge is -2.06. The molecule has 1 aliphatic carbocycles. The van der Waals surface area contributed by atoms with E-state index in [-0.39, 0.29) is 5.78 Å². The molecule has 0 aliphatic heterocycles. The number of rotatable bonds is 1. The van der Waals surface area contributed by atoms with Crippen LogP contribution in [0.25, 0.3) is 11.1 Å². The van der Waals surface area contributed by atoms with Gasteiger partial charge in [-0.05, 0) is 30.5 Å². The molecule has 96 valence electrons. The molecule has 20 heavy (non-hydrogen) atoms. The first-order valence-electron chi connectivity index (χ1n) is 6.49. The average Bonchev–Trinajstić information content (AvgIpc) is 2.75. The van der Waals surface area contributed by atoms with Crippen LogP contribution >= 0.6 is 0 Å². The van der Waals surface area contributed by atoms with E-state index in [1.54, 1.807) is 6.07 Å². The number of hydrogen-bond donors (Lipinski definition) is 0. The fourth-order valence-electron chi connectivity index (χ4n) is 2.57. The predicted octanol–water partition coefficient (Wildman–Crippen LogP) is 3.93. The fraction of sp³-hybridized carbons (Fsp3) is 0.111. The van der Waals surface area contributed by atoms with Crippen molar-refractivity contribution in [2.24, 2.45) is 0 Å². The number of nitriles is 1. The van der Waals surface area contributed by atoms with Gasteiger partial charge in [0.1, 0.15) is 6.07 Å². The number of ketones is 1. The molecule has 2 nitrogen and oxygen atoms in total. The molecular formula is C18H13NO. The topological polar surface area (TPSA) is 40.9 Å². The highest BCUT2D eigenvalue weighted by atomic mass is 16.1. The van der Waals surface area contributed by atoms with Gasteiger partial charge in [-0.1, -0.05) is 42.5 Å². The highest BCUT2D eigenvalue weighted by Crippen LogP contribution is 2.38. The van der Waals surface area contributed by atoms with E-state index in [1.165, 1.54) is 5.56 Å². The molecule has 0 heterocycles. The summed E-state index contributed by atoms with van der Waals surface area (Å²) < 4.78 is 0. The molecule has 0 spiro atoms. The first-order chi connectivity index (χ1) is 9.63. The smallest absolute Gasteiger partial charge is 0.195 e. The lowest BCUT2D eigenvalue weighted by atomic mass is 9.96. The van der Waals surface area contributed by atoms with E-state index in [9.17, 15) is 10.1 Å². The van der Waals surface area contributed by atoms with Gasteiger partial charge in [-0.3, -0.25) is 4.79 Å². The zero-order valence-electron chi connectivity index (χ0n) is 11.4. The molecule has 0 radical (unpaired) electrons. The van der Waals surface area contributed by atoms with Gasteiger partial charge in [-0.2, -0.15) is 5.26 Å². The summed E-state index contributed by atoms with van der Waals surface area (Å²) in [5.74, 6) is -0.0552. The molecule has 0 saturated heterocycles. The standard InChI is InChI=1S/C18H13NO/c1-11-7-8-13(9-12(11)2)17-16(10-19)14-5-3-4-6-15(14)18(17)20/h3-9H,1-2H3. The Morgan fingerprint density at radius 2 is 1.65 bits per heavy atom. The first-order valence-corrected chi connectivity index (χ1v) is 6.49. The zero-order valence-corrected chi connectivity index (χ0v) is 11.4. The van der Waals surface area contributed by atoms with Crippen LogP contribution in [0.1, 0.15) is 32.6 Å². The van der Waals surface area contributed by atoms with Crippen LogP contribution in [0.5, 0.6) is 0 Å². The van der Waals surface area contributed by atoms with Gasteiger partial charge in [0, 0.05) is 16.7 Å². The molecule has 3 rings (SSSR count). The SMILES string of the molecule is Cc1ccc(C2=C(C#N)c3ccccc3C2=O)cc1C. The molecule has 0 bridgehead atoms. The molecule has 1 aliphatic rings. The molecule has 0 atom stereocenters. The summed E-state index contributed by atoms with van der Waals surface area (Å²) in [4.78, 5) is 12.6. The van der Waals surface area contributed by atoms with Crippen LogP contribution in [0.2, 0.25) is 0 Å². The molecule has 2 heteroatoms. The van der Waals surface area contributed by atoms with E-state index < -0.39 is 0 Å². The van der Waals surface area contributed by atoms with Gasteiger partial charge < -0.3 is 0 Å². The summed E-state index contributed by atoms with van der Waals surface area (Å²) in [7, 11) is 0. The number of allylic oxidation sites excluding steroid dienone is 2. The van der Waals surface area contributed by atoms with E-state index in [1.807, 2.05) is 50.2 Å². The Balaban J connectivity index is 2.26. The fourth-order valence-corrected chi connectivity index (χ4v) is 2.57. The number of hydrogen-bond acceptors (Lipinski definition) is 2. The molecule has 0 fully saturated rings. The van der Waals surface area contributed by atoms with Gasteiger partial charge in [0.15, 0.2) is 5.78 Å². The number of carbonyl (C=O) groups is 1. The van der Waals surface area contributed by atoms with E-state index in [0.29, 0.717) is 16.7 Å². The van der Waals surface area contributed by atoms with E-state index in [0.717, 1.165) is 16.7 Å². The van der Waals surface area contributed by atoms with Crippen molar-refractivity contribution in [2.45, 2.75) is 13.8 Å². The van der Waals surface area contributed by atoms with Crippen LogP contribution in [0.3, 0.4) is 0 Å². The van der Waals surface area contributed by atoms with Crippen LogP contribution in [0, 0.1) is 25.2 Å². The molecule has 0 saturated carbocycles. The quantitative estimate of drug-likeness (QED) is 0.778. The number of nitrogens with zero attached hydrogens (tertiary/aromatic N) is 1. The second-order valence-electron chi connectivity index (χ2n) is 5.04. The Hall–Kier alpha value is -2.66. The summed E-state index contributed by atoms with van der Waals surface area (Å²) in [6.07, 6.45) is 0. The monoisotopic (exact) mass is 259 g/mol. The van der Waals surface area contributed by atoms with Crippen molar-refractivity contribution >= 4 is 16.9 Å². The maximum absolute atomic E-state index is 12.6. The molecule has 0 aromatic heterocycles. The number of benzene rings is 2. The van der Waals surface area contributed by atoms with Crippen LogP contribution in [-0.4, -0.2) is 5.78 Å². The van der Waals surface area contributed by atoms with Crippen LogP contribution < -0.4 is 0 Å². The highest BCUT2D eigenvalue weighted by molar-refractivity contribution is 6.41. The minimum absolute atomic E-state index is 0.0552. The number of fused-ring (bicyclic) bond motifs is 1. The summed E-state index contributed by atoms with van der Waals surface area (Å²) in [6, 6.07) is 15.4. The first kappa shape index (κ1) is 12.4. The third-order valence-electron chi connectivity index (χ3n) is 3.83. The molecule has 0 N–H and O–H groups in total. The van der Waals surface area contributed by atoms with Gasteiger partial charge in [-0.25, -0.2) is 0 Å². The molecular weight excluding hydrogens is 246 g/mol. The maximum Gasteiger partial charge on any atom is 0.195 e. The Kier molecular flexibility index (Phi) is 2.76. The average molecular weight is 259 g/mol. The van der Waals surface area contributed by atoms with Gasteiger partial charge in [0.05, 0.1) is 5.57 Å². The van der Waals surface area contributed by atoms with Crippen LogP contribution in [-0.2, 0) is 0 Å². The molecule has 2 aromatic rings. The summed E-state index contributed by atoms with van der Waals surface area (Å²) >= 11 is 0. The number of aryl methyl sites for hydroxylation is 2. The maximum atomic E-state index is 12.6. The number of carbonyl (C=O) groups excluding carboxylic acids is 1. The predicted molar refractivity (Wildman–Crippen MR) is 79.1 cm³/mol. The van der Waals surface area contributed by atoms with Crippen molar-refractivity contribution in [3.05, 3.63) is 70.3 Å². The van der Waals surface area contributed by atoms with Crippen molar-refractivity contribution in [1.29, 1.82) is 5.26 Å². The summed E-state index contributed by atoms with van der Waals surface area (Å²) in [5, 5.41) is 9.43. The molecule has 2 aromatic carbocycles. The Bertz CT molecular complexity index is 806. The second kappa shape index (κ2) is 4.47. The summed E-state index contributed by atoms with van der Waals surface area (Å²) in [6.45, 7) is 4.04. The lowest BCUT2D eigenvalue weighted by molar-refractivity contribution is 0.105. The van der Waals surface area contributed by atoms with Gasteiger partial charge in [-0.15, -0.1) is 0 Å². The van der Waals surface area contributed by atoms with E-state index in [4.69, 9.17) is 0 Å². The minimum atomic E-state index is -0.0552. The molecule has 0 unspecified atom stereocenters. The number of Topliss-reactive ketones (excluding diaryl/α,β-unsaturated/α-hetero) is 1. The summed E-state index contributed by atoms with van der Waals surface area (Å²) in [5.41, 5.74) is 5.49. The van der Waals surface area contributed by atoms with Gasteiger partial charge in [0.2, 0.25) is 0 Å². The van der Waals surface area contributed by atoms with Crippen LogP contribution in [0.4, 0.5) is 0 Å². The van der Waals surface area contributed by atoms with Crippen molar-refractivity contribution < 1.29 is 4.79 Å². The van der Waals surface area contributed by atoms with Crippen molar-refractivity contribution in [1.82, 2.24) is 0 Å². The Morgan fingerprint density at radius 3 is 2.30 bits per heavy atom. The van der Waals surface area contributed by atoms with Crippen molar-refractivity contribution in [2.75, 3.05) is 0 Å². The third kappa shape index (κ3) is 1.68. The second-order valence-corrected chi connectivity index (χ2v) is 5.04. The van der Waals surface area contributed by atoms with E-state index in [2.05, 4.69) is 6.07 Å². The molecule has 0 amide bonds. The minimum Gasteiger partial charge on any atom is -0.289 e. The Morgan fingerprint density at radius 1 is 0.950 bits per heavy atom.